The predicted octanol–water partition coefficient (Wildman–Crippen LogP) is 1.10. The molecule has 2 aromatic rings. The van der Waals surface area contributed by atoms with Crippen molar-refractivity contribution in [2.45, 2.75) is 26.4 Å². The fourth-order valence-corrected chi connectivity index (χ4v) is 1.85. The van der Waals surface area contributed by atoms with Gasteiger partial charge in [-0.15, -0.1) is 5.10 Å². The van der Waals surface area contributed by atoms with Crippen molar-refractivity contribution < 1.29 is 5.11 Å². The van der Waals surface area contributed by atoms with E-state index < -0.39 is 6.10 Å². The van der Waals surface area contributed by atoms with Crippen LogP contribution in [0.3, 0.4) is 0 Å². The van der Waals surface area contributed by atoms with Gasteiger partial charge in [0.25, 0.3) is 0 Å². The standard InChI is InChI=1S/C12H16N4O/c1-8-4-5-11(9(2)13-8)12(17)6-10-7-16(3)15-14-10/h4-5,7,12,17H,6H2,1-3H3. The molecule has 1 atom stereocenters. The van der Waals surface area contributed by atoms with Crippen molar-refractivity contribution >= 4 is 0 Å². The van der Waals surface area contributed by atoms with Crippen molar-refractivity contribution in [3.8, 4) is 0 Å². The molecule has 1 N–H and O–H groups in total. The summed E-state index contributed by atoms with van der Waals surface area (Å²) in [6.07, 6.45) is 1.68. The van der Waals surface area contributed by atoms with Crippen molar-refractivity contribution in [2.75, 3.05) is 0 Å². The van der Waals surface area contributed by atoms with Gasteiger partial charge in [-0.1, -0.05) is 11.3 Å². The van der Waals surface area contributed by atoms with Gasteiger partial charge >= 0.3 is 0 Å². The van der Waals surface area contributed by atoms with E-state index in [9.17, 15) is 5.11 Å². The lowest BCUT2D eigenvalue weighted by Gasteiger charge is -2.11. The zero-order valence-electron chi connectivity index (χ0n) is 10.3. The third kappa shape index (κ3) is 2.68. The third-order valence-electron chi connectivity index (χ3n) is 2.68. The average molecular weight is 232 g/mol. The number of rotatable bonds is 3. The first-order chi connectivity index (χ1) is 8.06. The third-order valence-corrected chi connectivity index (χ3v) is 2.68. The number of aliphatic hydroxyl groups excluding tert-OH is 1. The van der Waals surface area contributed by atoms with Crippen LogP contribution in [0.2, 0.25) is 0 Å². The summed E-state index contributed by atoms with van der Waals surface area (Å²) in [5, 5.41) is 17.9. The van der Waals surface area contributed by atoms with Gasteiger partial charge in [0, 0.05) is 36.6 Å². The zero-order valence-corrected chi connectivity index (χ0v) is 10.3. The Morgan fingerprint density at radius 3 is 2.71 bits per heavy atom. The highest BCUT2D eigenvalue weighted by molar-refractivity contribution is 5.24. The molecule has 0 saturated carbocycles. The first kappa shape index (κ1) is 11.7. The van der Waals surface area contributed by atoms with Crippen molar-refractivity contribution in [3.63, 3.8) is 0 Å². The largest absolute Gasteiger partial charge is 0.388 e. The van der Waals surface area contributed by atoms with Crippen molar-refractivity contribution in [3.05, 3.63) is 41.0 Å². The minimum Gasteiger partial charge on any atom is -0.388 e. The summed E-state index contributed by atoms with van der Waals surface area (Å²) in [5.74, 6) is 0. The summed E-state index contributed by atoms with van der Waals surface area (Å²) in [4.78, 5) is 4.34. The second-order valence-corrected chi connectivity index (χ2v) is 4.23. The van der Waals surface area contributed by atoms with Gasteiger partial charge in [-0.05, 0) is 19.9 Å². The molecule has 1 unspecified atom stereocenters. The van der Waals surface area contributed by atoms with Crippen LogP contribution in [0.15, 0.2) is 18.3 Å². The number of hydrogen-bond donors (Lipinski definition) is 1. The van der Waals surface area contributed by atoms with E-state index in [0.29, 0.717) is 6.42 Å². The van der Waals surface area contributed by atoms with Gasteiger partial charge in [0.05, 0.1) is 11.8 Å². The maximum atomic E-state index is 10.1. The van der Waals surface area contributed by atoms with Gasteiger partial charge in [0.2, 0.25) is 0 Å². The van der Waals surface area contributed by atoms with Crippen molar-refractivity contribution in [1.29, 1.82) is 0 Å². The molecular weight excluding hydrogens is 216 g/mol. The molecule has 2 aromatic heterocycles. The van der Waals surface area contributed by atoms with Crippen LogP contribution in [-0.2, 0) is 13.5 Å². The summed E-state index contributed by atoms with van der Waals surface area (Å²) in [6.45, 7) is 3.84. The van der Waals surface area contributed by atoms with E-state index >= 15 is 0 Å². The molecule has 0 aromatic carbocycles. The van der Waals surface area contributed by atoms with Crippen molar-refractivity contribution in [1.82, 2.24) is 20.0 Å². The Bertz CT molecular complexity index is 521. The molecule has 0 fully saturated rings. The average Bonchev–Trinajstić information content (AvgIpc) is 2.63. The molecule has 0 radical (unpaired) electrons. The van der Waals surface area contributed by atoms with Crippen LogP contribution in [0.1, 0.15) is 28.7 Å². The Hall–Kier alpha value is -1.75. The van der Waals surface area contributed by atoms with Crippen LogP contribution in [0.25, 0.3) is 0 Å². The SMILES string of the molecule is Cc1ccc(C(O)Cc2cn(C)nn2)c(C)n1. The zero-order chi connectivity index (χ0) is 12.4. The minimum atomic E-state index is -0.584. The number of aromatic nitrogens is 4. The maximum Gasteiger partial charge on any atom is 0.0864 e. The Balaban J connectivity index is 2.17. The normalized spacial score (nSPS) is 12.7. The van der Waals surface area contributed by atoms with E-state index in [1.807, 2.05) is 33.0 Å². The molecule has 0 aliphatic rings. The van der Waals surface area contributed by atoms with Gasteiger partial charge < -0.3 is 5.11 Å². The second-order valence-electron chi connectivity index (χ2n) is 4.23. The molecule has 2 rings (SSSR count). The smallest absolute Gasteiger partial charge is 0.0864 e. The Kier molecular flexibility index (Phi) is 3.19. The lowest BCUT2D eigenvalue weighted by atomic mass is 10.0. The van der Waals surface area contributed by atoms with Gasteiger partial charge in [-0.25, -0.2) is 0 Å². The molecule has 5 nitrogen and oxygen atoms in total. The quantitative estimate of drug-likeness (QED) is 0.860. The molecule has 0 aliphatic heterocycles. The van der Waals surface area contributed by atoms with E-state index in [1.165, 1.54) is 0 Å². The molecule has 0 amide bonds. The van der Waals surface area contributed by atoms with Crippen LogP contribution >= 0.6 is 0 Å². The molecular formula is C12H16N4O. The molecule has 0 bridgehead atoms. The maximum absolute atomic E-state index is 10.1. The summed E-state index contributed by atoms with van der Waals surface area (Å²) in [5.41, 5.74) is 3.44. The Morgan fingerprint density at radius 2 is 2.12 bits per heavy atom. The van der Waals surface area contributed by atoms with Gasteiger partial charge in [-0.2, -0.15) is 0 Å². The molecule has 0 aliphatic carbocycles. The van der Waals surface area contributed by atoms with Crippen LogP contribution in [-0.4, -0.2) is 25.1 Å². The number of aliphatic hydroxyl groups is 1. The first-order valence-electron chi connectivity index (χ1n) is 5.53. The lowest BCUT2D eigenvalue weighted by molar-refractivity contribution is 0.176. The van der Waals surface area contributed by atoms with E-state index in [-0.39, 0.29) is 0 Å². The number of aryl methyl sites for hydroxylation is 3. The van der Waals surface area contributed by atoms with E-state index in [1.54, 1.807) is 10.9 Å². The molecule has 2 heterocycles. The highest BCUT2D eigenvalue weighted by Gasteiger charge is 2.13. The fourth-order valence-electron chi connectivity index (χ4n) is 1.85. The summed E-state index contributed by atoms with van der Waals surface area (Å²) >= 11 is 0. The first-order valence-corrected chi connectivity index (χ1v) is 5.53. The lowest BCUT2D eigenvalue weighted by Crippen LogP contribution is -2.06. The Morgan fingerprint density at radius 1 is 1.35 bits per heavy atom. The van der Waals surface area contributed by atoms with Gasteiger partial charge in [-0.3, -0.25) is 9.67 Å². The number of pyridine rings is 1. The topological polar surface area (TPSA) is 63.8 Å². The van der Waals surface area contributed by atoms with E-state index in [4.69, 9.17) is 0 Å². The molecule has 0 spiro atoms. The van der Waals surface area contributed by atoms with Crippen molar-refractivity contribution in [2.24, 2.45) is 7.05 Å². The monoisotopic (exact) mass is 232 g/mol. The van der Waals surface area contributed by atoms with Crippen LogP contribution in [0, 0.1) is 13.8 Å². The minimum absolute atomic E-state index is 0.458. The highest BCUT2D eigenvalue weighted by Crippen LogP contribution is 2.19. The summed E-state index contributed by atoms with van der Waals surface area (Å²) < 4.78 is 1.63. The predicted molar refractivity (Wildman–Crippen MR) is 63.4 cm³/mol. The number of hydrogen-bond acceptors (Lipinski definition) is 4. The second kappa shape index (κ2) is 4.63. The van der Waals surface area contributed by atoms with E-state index in [2.05, 4.69) is 15.3 Å². The Labute approximate surface area is 100 Å². The summed E-state index contributed by atoms with van der Waals surface area (Å²) in [7, 11) is 1.81. The summed E-state index contributed by atoms with van der Waals surface area (Å²) in [6, 6.07) is 3.82. The number of nitrogens with zero attached hydrogens (tertiary/aromatic N) is 4. The molecule has 17 heavy (non-hydrogen) atoms. The van der Waals surface area contributed by atoms with Crippen LogP contribution in [0.4, 0.5) is 0 Å². The molecule has 90 valence electrons. The van der Waals surface area contributed by atoms with Crippen LogP contribution < -0.4 is 0 Å². The highest BCUT2D eigenvalue weighted by atomic mass is 16.3. The van der Waals surface area contributed by atoms with Crippen LogP contribution in [0.5, 0.6) is 0 Å². The fraction of sp³-hybridized carbons (Fsp3) is 0.417. The van der Waals surface area contributed by atoms with E-state index in [0.717, 1.165) is 22.6 Å². The van der Waals surface area contributed by atoms with Gasteiger partial charge in [0.1, 0.15) is 0 Å². The van der Waals surface area contributed by atoms with Gasteiger partial charge in [0.15, 0.2) is 0 Å². The molecule has 0 saturated heterocycles. The molecule has 5 heteroatoms.